The number of nitrogens with zero attached hydrogens (tertiary/aromatic N) is 2. The van der Waals surface area contributed by atoms with E-state index in [1.807, 2.05) is 7.05 Å². The van der Waals surface area contributed by atoms with E-state index in [1.165, 1.54) is 22.2 Å². The first-order valence-corrected chi connectivity index (χ1v) is 10.9. The van der Waals surface area contributed by atoms with Gasteiger partial charge in [-0.25, -0.2) is 0 Å². The normalized spacial score (nSPS) is 11.6. The van der Waals surface area contributed by atoms with Crippen molar-refractivity contribution in [3.8, 4) is 11.1 Å². The fraction of sp³-hybridized carbons (Fsp3) is 0.346. The Morgan fingerprint density at radius 1 is 0.862 bits per heavy atom. The minimum absolute atomic E-state index is 0.151. The van der Waals surface area contributed by atoms with Crippen molar-refractivity contribution in [1.29, 1.82) is 0 Å². The number of rotatable bonds is 7. The lowest BCUT2D eigenvalue weighted by Gasteiger charge is -2.19. The number of benzene rings is 2. The van der Waals surface area contributed by atoms with E-state index in [-0.39, 0.29) is 5.56 Å². The van der Waals surface area contributed by atoms with Crippen molar-refractivity contribution in [2.75, 3.05) is 0 Å². The number of fused-ring (bicyclic) bond motifs is 3. The molecule has 0 aliphatic rings. The molecule has 4 aromatic rings. The molecular weight excluding hydrogens is 356 g/mol. The van der Waals surface area contributed by atoms with Crippen molar-refractivity contribution in [3.63, 3.8) is 0 Å². The molecule has 29 heavy (non-hydrogen) atoms. The molecule has 0 aliphatic carbocycles. The molecule has 150 valence electrons. The third-order valence-corrected chi connectivity index (χ3v) is 5.98. The molecule has 2 heterocycles. The third kappa shape index (κ3) is 3.29. The van der Waals surface area contributed by atoms with Crippen LogP contribution in [0.2, 0.25) is 0 Å². The molecule has 0 radical (unpaired) electrons. The molecule has 0 unspecified atom stereocenters. The zero-order valence-corrected chi connectivity index (χ0v) is 17.7. The average Bonchev–Trinajstić information content (AvgIpc) is 3.05. The van der Waals surface area contributed by atoms with Gasteiger partial charge in [-0.3, -0.25) is 4.79 Å². The summed E-state index contributed by atoms with van der Waals surface area (Å²) < 4.78 is 4.16. The lowest BCUT2D eigenvalue weighted by Crippen LogP contribution is -2.26. The van der Waals surface area contributed by atoms with Gasteiger partial charge in [-0.2, -0.15) is 0 Å². The smallest absolute Gasteiger partial charge is 0.275 e. The van der Waals surface area contributed by atoms with Crippen LogP contribution < -0.4 is 5.56 Å². The van der Waals surface area contributed by atoms with Crippen LogP contribution in [0.3, 0.4) is 0 Å². The monoisotopic (exact) mass is 386 g/mol. The maximum absolute atomic E-state index is 13.7. The van der Waals surface area contributed by atoms with Gasteiger partial charge in [0.05, 0.1) is 0 Å². The summed E-state index contributed by atoms with van der Waals surface area (Å²) in [7, 11) is 2.02. The Kier molecular flexibility index (Phi) is 5.57. The first-order chi connectivity index (χ1) is 14.2. The van der Waals surface area contributed by atoms with Crippen LogP contribution >= 0.6 is 0 Å². The van der Waals surface area contributed by atoms with E-state index in [2.05, 4.69) is 77.6 Å². The van der Waals surface area contributed by atoms with Gasteiger partial charge in [0.25, 0.3) is 5.56 Å². The molecule has 4 rings (SSSR count). The summed E-state index contributed by atoms with van der Waals surface area (Å²) in [6.07, 6.45) is 5.22. The van der Waals surface area contributed by atoms with Crippen LogP contribution in [0.25, 0.3) is 32.9 Å². The minimum Gasteiger partial charge on any atom is -0.339 e. The maximum Gasteiger partial charge on any atom is 0.275 e. The molecule has 2 aromatic carbocycles. The van der Waals surface area contributed by atoms with E-state index in [9.17, 15) is 4.79 Å². The molecule has 0 aliphatic heterocycles. The summed E-state index contributed by atoms with van der Waals surface area (Å²) in [4.78, 5) is 13.7. The molecule has 3 nitrogen and oxygen atoms in total. The van der Waals surface area contributed by atoms with Crippen molar-refractivity contribution < 1.29 is 0 Å². The molecule has 0 amide bonds. The van der Waals surface area contributed by atoms with Gasteiger partial charge in [-0.05, 0) is 30.9 Å². The SMILES string of the molecule is CCCCc1c(-c2ccccc2)c2c3ccccc3n(C)c2c(=O)n1CCCC. The Morgan fingerprint density at radius 2 is 1.55 bits per heavy atom. The van der Waals surface area contributed by atoms with E-state index < -0.39 is 0 Å². The van der Waals surface area contributed by atoms with Crippen LogP contribution in [-0.4, -0.2) is 9.13 Å². The van der Waals surface area contributed by atoms with E-state index >= 15 is 0 Å². The van der Waals surface area contributed by atoms with Crippen LogP contribution in [0.4, 0.5) is 0 Å². The van der Waals surface area contributed by atoms with Gasteiger partial charge in [-0.15, -0.1) is 0 Å². The van der Waals surface area contributed by atoms with E-state index in [4.69, 9.17) is 0 Å². The van der Waals surface area contributed by atoms with Crippen molar-refractivity contribution in [1.82, 2.24) is 9.13 Å². The largest absolute Gasteiger partial charge is 0.339 e. The number of aromatic nitrogens is 2. The van der Waals surface area contributed by atoms with Crippen molar-refractivity contribution in [2.24, 2.45) is 7.05 Å². The van der Waals surface area contributed by atoms with Crippen molar-refractivity contribution in [2.45, 2.75) is 52.5 Å². The van der Waals surface area contributed by atoms with Crippen LogP contribution in [0.1, 0.15) is 45.2 Å². The number of aryl methyl sites for hydroxylation is 1. The van der Waals surface area contributed by atoms with Gasteiger partial charge < -0.3 is 9.13 Å². The van der Waals surface area contributed by atoms with Crippen LogP contribution in [0.5, 0.6) is 0 Å². The second kappa shape index (κ2) is 8.28. The van der Waals surface area contributed by atoms with E-state index in [0.29, 0.717) is 0 Å². The lowest BCUT2D eigenvalue weighted by molar-refractivity contribution is 0.581. The van der Waals surface area contributed by atoms with E-state index in [1.54, 1.807) is 0 Å². The zero-order chi connectivity index (χ0) is 20.4. The predicted octanol–water partition coefficient (Wildman–Crippen LogP) is 6.30. The Labute approximate surface area is 172 Å². The quantitative estimate of drug-likeness (QED) is 0.366. The van der Waals surface area contributed by atoms with Gasteiger partial charge in [0.15, 0.2) is 0 Å². The number of hydrogen-bond acceptors (Lipinski definition) is 1. The third-order valence-electron chi connectivity index (χ3n) is 5.98. The van der Waals surface area contributed by atoms with Gasteiger partial charge in [0, 0.05) is 41.1 Å². The Balaban J connectivity index is 2.21. The topological polar surface area (TPSA) is 26.9 Å². The minimum atomic E-state index is 0.151. The molecular formula is C26H30N2O. The van der Waals surface area contributed by atoms with E-state index in [0.717, 1.165) is 55.1 Å². The molecule has 0 N–H and O–H groups in total. The second-order valence-electron chi connectivity index (χ2n) is 7.90. The number of unbranched alkanes of at least 4 members (excludes halogenated alkanes) is 2. The van der Waals surface area contributed by atoms with Crippen molar-refractivity contribution in [3.05, 3.63) is 70.6 Å². The van der Waals surface area contributed by atoms with Crippen LogP contribution in [-0.2, 0) is 20.0 Å². The highest BCUT2D eigenvalue weighted by Gasteiger charge is 2.22. The van der Waals surface area contributed by atoms with Crippen LogP contribution in [0, 0.1) is 0 Å². The first-order valence-electron chi connectivity index (χ1n) is 10.9. The molecule has 0 saturated heterocycles. The standard InChI is InChI=1S/C26H30N2O/c1-4-6-16-22-23(19-13-9-8-10-14-19)24-20-15-11-12-17-21(20)27(3)25(24)26(29)28(22)18-7-5-2/h8-15,17H,4-7,16,18H2,1-3H3. The first kappa shape index (κ1) is 19.5. The summed E-state index contributed by atoms with van der Waals surface area (Å²) >= 11 is 0. The molecule has 0 saturated carbocycles. The summed E-state index contributed by atoms with van der Waals surface area (Å²) in [5.74, 6) is 0. The van der Waals surface area contributed by atoms with Gasteiger partial charge in [0.1, 0.15) is 5.52 Å². The van der Waals surface area contributed by atoms with Gasteiger partial charge in [0.2, 0.25) is 0 Å². The number of hydrogen-bond donors (Lipinski definition) is 0. The molecule has 0 bridgehead atoms. The molecule has 2 aromatic heterocycles. The number of para-hydroxylation sites is 1. The highest BCUT2D eigenvalue weighted by atomic mass is 16.1. The Bertz CT molecular complexity index is 1200. The van der Waals surface area contributed by atoms with Gasteiger partial charge in [-0.1, -0.05) is 75.2 Å². The number of pyridine rings is 1. The highest BCUT2D eigenvalue weighted by molar-refractivity contribution is 6.15. The lowest BCUT2D eigenvalue weighted by atomic mass is 9.95. The van der Waals surface area contributed by atoms with Crippen molar-refractivity contribution >= 4 is 21.8 Å². The summed E-state index contributed by atoms with van der Waals surface area (Å²) in [6, 6.07) is 19.0. The predicted molar refractivity (Wildman–Crippen MR) is 124 cm³/mol. The molecule has 0 atom stereocenters. The highest BCUT2D eigenvalue weighted by Crippen LogP contribution is 2.37. The Morgan fingerprint density at radius 3 is 2.28 bits per heavy atom. The Hall–Kier alpha value is -2.81. The zero-order valence-electron chi connectivity index (χ0n) is 17.7. The fourth-order valence-electron chi connectivity index (χ4n) is 4.50. The van der Waals surface area contributed by atoms with Gasteiger partial charge >= 0.3 is 0 Å². The summed E-state index contributed by atoms with van der Waals surface area (Å²) in [6.45, 7) is 5.18. The molecule has 3 heteroatoms. The van der Waals surface area contributed by atoms with Crippen LogP contribution in [0.15, 0.2) is 59.4 Å². The summed E-state index contributed by atoms with van der Waals surface area (Å²) in [5.41, 5.74) is 5.72. The fourth-order valence-corrected chi connectivity index (χ4v) is 4.50. The second-order valence-corrected chi connectivity index (χ2v) is 7.90. The molecule has 0 fully saturated rings. The summed E-state index contributed by atoms with van der Waals surface area (Å²) in [5, 5.41) is 2.28. The maximum atomic E-state index is 13.7. The molecule has 0 spiro atoms. The average molecular weight is 387 g/mol.